The smallest absolute Gasteiger partial charge is 0.131 e. The van der Waals surface area contributed by atoms with Gasteiger partial charge in [0.05, 0.1) is 39.1 Å². The Balaban J connectivity index is 2.24. The molecular weight excluding hydrogens is 359 g/mol. The molecule has 18 heavy (non-hydrogen) atoms. The summed E-state index contributed by atoms with van der Waals surface area (Å²) >= 11 is 16.8. The van der Waals surface area contributed by atoms with Crippen molar-refractivity contribution in [2.45, 2.75) is 5.33 Å². The monoisotopic (exact) mass is 362 g/mol. The molecule has 0 N–H and O–H groups in total. The molecule has 92 valence electrons. The minimum Gasteiger partial charge on any atom is -0.302 e. The summed E-state index contributed by atoms with van der Waals surface area (Å²) in [5.74, 6) is 0. The van der Waals surface area contributed by atoms with Crippen LogP contribution in [-0.4, -0.2) is 9.55 Å². The largest absolute Gasteiger partial charge is 0.302 e. The van der Waals surface area contributed by atoms with E-state index >= 15 is 0 Å². The molecule has 0 unspecified atom stereocenters. The summed E-state index contributed by atoms with van der Waals surface area (Å²) in [4.78, 5) is 4.25. The van der Waals surface area contributed by atoms with E-state index in [2.05, 4.69) is 29.6 Å². The number of fused-ring (bicyclic) bond motifs is 1. The van der Waals surface area contributed by atoms with Crippen LogP contribution in [0.5, 0.6) is 0 Å². The molecule has 0 radical (unpaired) electrons. The molecule has 1 aromatic carbocycles. The quantitative estimate of drug-likeness (QED) is 0.603. The Morgan fingerprint density at radius 1 is 1.22 bits per heavy atom. The van der Waals surface area contributed by atoms with Crippen LogP contribution in [0.15, 0.2) is 27.3 Å². The van der Waals surface area contributed by atoms with Crippen LogP contribution in [0.4, 0.5) is 11.4 Å². The predicted octanol–water partition coefficient (Wildman–Crippen LogP) is 4.80. The van der Waals surface area contributed by atoms with Crippen molar-refractivity contribution in [1.29, 1.82) is 0 Å². The van der Waals surface area contributed by atoms with Gasteiger partial charge in [-0.05, 0) is 6.07 Å². The Labute approximate surface area is 125 Å². The molecule has 0 bridgehead atoms. The first-order valence-electron chi connectivity index (χ1n) is 4.90. The summed E-state index contributed by atoms with van der Waals surface area (Å²) in [7, 11) is 0. The van der Waals surface area contributed by atoms with Crippen LogP contribution >= 0.6 is 39.1 Å². The van der Waals surface area contributed by atoms with E-state index in [1.165, 1.54) is 0 Å². The molecule has 2 heterocycles. The summed E-state index contributed by atoms with van der Waals surface area (Å²) in [6.45, 7) is 0. The van der Waals surface area contributed by atoms with Crippen LogP contribution in [0, 0.1) is 0 Å². The molecule has 1 aromatic heterocycles. The lowest BCUT2D eigenvalue weighted by molar-refractivity contribution is 1.06. The zero-order valence-electron chi connectivity index (χ0n) is 8.77. The Kier molecular flexibility index (Phi) is 3.27. The predicted molar refractivity (Wildman–Crippen MR) is 77.8 cm³/mol. The Bertz CT molecular complexity index is 706. The van der Waals surface area contributed by atoms with Gasteiger partial charge in [-0.2, -0.15) is 8.73 Å². The molecule has 0 spiro atoms. The molecule has 2 aromatic rings. The average Bonchev–Trinajstić information content (AvgIpc) is 2.97. The molecule has 1 aliphatic heterocycles. The number of rotatable bonds is 2. The van der Waals surface area contributed by atoms with Gasteiger partial charge in [0.25, 0.3) is 0 Å². The van der Waals surface area contributed by atoms with Crippen LogP contribution < -0.4 is 0 Å². The first-order chi connectivity index (χ1) is 8.70. The first kappa shape index (κ1) is 12.3. The van der Waals surface area contributed by atoms with Crippen LogP contribution in [0.25, 0.3) is 5.69 Å². The summed E-state index contributed by atoms with van der Waals surface area (Å²) in [5.41, 5.74) is 3.02. The standard InChI is InChI=1S/C10H5BrCl2N4S/c11-2-5-3-17(4-14-5)10-7(13)1-6(12)8-9(10)16-18-15-8/h1,3-4H,2H2. The number of hydrogen-bond donors (Lipinski definition) is 0. The van der Waals surface area contributed by atoms with Gasteiger partial charge in [0.1, 0.15) is 11.4 Å². The molecule has 0 aliphatic carbocycles. The highest BCUT2D eigenvalue weighted by Gasteiger charge is 2.20. The van der Waals surface area contributed by atoms with E-state index in [1.807, 2.05) is 10.8 Å². The Morgan fingerprint density at radius 3 is 2.72 bits per heavy atom. The normalized spacial score (nSPS) is 12.6. The molecule has 0 saturated heterocycles. The van der Waals surface area contributed by atoms with E-state index in [-0.39, 0.29) is 0 Å². The van der Waals surface area contributed by atoms with Crippen molar-refractivity contribution >= 4 is 61.9 Å². The molecule has 4 nitrogen and oxygen atoms in total. The minimum absolute atomic E-state index is 0.508. The third kappa shape index (κ3) is 1.93. The summed E-state index contributed by atoms with van der Waals surface area (Å²) in [6.07, 6.45) is 3.59. The molecular formula is C10H5BrCl2N4S. The fourth-order valence-electron chi connectivity index (χ4n) is 1.66. The fraction of sp³-hybridized carbons (Fsp3) is 0.100. The molecule has 0 amide bonds. The number of alkyl halides is 1. The molecule has 1 aliphatic rings. The van der Waals surface area contributed by atoms with Crippen molar-refractivity contribution in [3.8, 4) is 5.69 Å². The number of aromatic nitrogens is 2. The summed E-state index contributed by atoms with van der Waals surface area (Å²) in [5, 5.41) is 1.72. The highest BCUT2D eigenvalue weighted by molar-refractivity contribution is 9.08. The number of benzene rings is 1. The third-order valence-electron chi connectivity index (χ3n) is 2.45. The summed E-state index contributed by atoms with van der Waals surface area (Å²) < 4.78 is 10.3. The third-order valence-corrected chi connectivity index (χ3v) is 4.13. The zero-order valence-corrected chi connectivity index (χ0v) is 12.7. The lowest BCUT2D eigenvalue weighted by atomic mass is 10.2. The average molecular weight is 364 g/mol. The molecule has 0 fully saturated rings. The van der Waals surface area contributed by atoms with Gasteiger partial charge in [0.15, 0.2) is 0 Å². The zero-order chi connectivity index (χ0) is 12.7. The van der Waals surface area contributed by atoms with Crippen molar-refractivity contribution in [2.75, 3.05) is 0 Å². The van der Waals surface area contributed by atoms with Crippen LogP contribution in [0.1, 0.15) is 5.69 Å². The van der Waals surface area contributed by atoms with Crippen molar-refractivity contribution in [3.05, 3.63) is 34.3 Å². The Hall–Kier alpha value is -0.690. The van der Waals surface area contributed by atoms with Gasteiger partial charge < -0.3 is 4.57 Å². The number of imidazole rings is 1. The second kappa shape index (κ2) is 4.77. The number of halogens is 3. The van der Waals surface area contributed by atoms with Gasteiger partial charge >= 0.3 is 0 Å². The van der Waals surface area contributed by atoms with Crippen molar-refractivity contribution in [1.82, 2.24) is 9.55 Å². The topological polar surface area (TPSA) is 42.5 Å². The van der Waals surface area contributed by atoms with Crippen LogP contribution in [0.3, 0.4) is 0 Å². The van der Waals surface area contributed by atoms with E-state index in [9.17, 15) is 0 Å². The molecule has 0 atom stereocenters. The molecule has 0 saturated carbocycles. The Morgan fingerprint density at radius 2 is 2.00 bits per heavy atom. The van der Waals surface area contributed by atoms with Crippen LogP contribution in [-0.2, 0) is 16.7 Å². The van der Waals surface area contributed by atoms with Gasteiger partial charge in [0.2, 0.25) is 0 Å². The van der Waals surface area contributed by atoms with Gasteiger partial charge in [-0.15, -0.1) is 0 Å². The lowest BCUT2D eigenvalue weighted by Crippen LogP contribution is -1.92. The van der Waals surface area contributed by atoms with E-state index in [0.717, 1.165) is 22.7 Å². The highest BCUT2D eigenvalue weighted by atomic mass is 79.9. The van der Waals surface area contributed by atoms with Crippen molar-refractivity contribution in [3.63, 3.8) is 0 Å². The lowest BCUT2D eigenvalue weighted by Gasteiger charge is -2.09. The highest BCUT2D eigenvalue weighted by Crippen LogP contribution is 2.46. The minimum atomic E-state index is 0.508. The molecule has 8 heteroatoms. The van der Waals surface area contributed by atoms with Gasteiger partial charge in [-0.3, -0.25) is 0 Å². The second-order valence-corrected chi connectivity index (χ2v) is 5.46. The van der Waals surface area contributed by atoms with Crippen LogP contribution in [0.2, 0.25) is 10.0 Å². The number of nitrogens with zero attached hydrogens (tertiary/aromatic N) is 4. The van der Waals surface area contributed by atoms with E-state index in [1.54, 1.807) is 12.4 Å². The number of hydrogen-bond acceptors (Lipinski definition) is 3. The fourth-order valence-corrected chi connectivity index (χ4v) is 3.16. The van der Waals surface area contributed by atoms with Gasteiger partial charge in [0, 0.05) is 11.5 Å². The maximum atomic E-state index is 6.24. The molecule has 3 rings (SSSR count). The van der Waals surface area contributed by atoms with Gasteiger partial charge in [-0.1, -0.05) is 39.1 Å². The van der Waals surface area contributed by atoms with Gasteiger partial charge in [-0.25, -0.2) is 4.98 Å². The van der Waals surface area contributed by atoms with Crippen molar-refractivity contribution in [2.24, 2.45) is 8.73 Å². The maximum Gasteiger partial charge on any atom is 0.131 e. The maximum absolute atomic E-state index is 6.24. The first-order valence-corrected chi connectivity index (χ1v) is 7.51. The SMILES string of the molecule is Clc1cc(Cl)c(-n2cnc(CBr)c2)c2c1N=S=N2. The van der Waals surface area contributed by atoms with E-state index in [4.69, 9.17) is 23.2 Å². The summed E-state index contributed by atoms with van der Waals surface area (Å²) in [6, 6.07) is 1.68. The second-order valence-electron chi connectivity index (χ2n) is 3.56. The van der Waals surface area contributed by atoms with Crippen molar-refractivity contribution < 1.29 is 0 Å². The van der Waals surface area contributed by atoms with E-state index < -0.39 is 0 Å². The van der Waals surface area contributed by atoms with E-state index in [0.29, 0.717) is 26.8 Å².